The fourth-order valence-electron chi connectivity index (χ4n) is 5.26. The van der Waals surface area contributed by atoms with E-state index in [-0.39, 0.29) is 29.3 Å². The second-order valence-electron chi connectivity index (χ2n) is 9.75. The number of hydrogen-bond acceptors (Lipinski definition) is 3. The van der Waals surface area contributed by atoms with E-state index in [2.05, 4.69) is 10.6 Å². The molecular formula is C28H29ClN4O3. The lowest BCUT2D eigenvalue weighted by Crippen LogP contribution is -2.55. The summed E-state index contributed by atoms with van der Waals surface area (Å²) in [6, 6.07) is 19.3. The van der Waals surface area contributed by atoms with Crippen molar-refractivity contribution in [3.63, 3.8) is 0 Å². The van der Waals surface area contributed by atoms with Crippen LogP contribution in [-0.2, 0) is 17.8 Å². The molecule has 0 aliphatic carbocycles. The molecule has 2 unspecified atom stereocenters. The maximum atomic E-state index is 13.4. The van der Waals surface area contributed by atoms with E-state index in [0.717, 1.165) is 23.2 Å². The predicted molar refractivity (Wildman–Crippen MR) is 140 cm³/mol. The van der Waals surface area contributed by atoms with Crippen LogP contribution in [0, 0.1) is 12.8 Å². The number of aromatic nitrogens is 1. The van der Waals surface area contributed by atoms with Crippen molar-refractivity contribution >= 4 is 29.2 Å². The van der Waals surface area contributed by atoms with Crippen molar-refractivity contribution in [2.24, 2.45) is 5.92 Å². The molecule has 2 aliphatic heterocycles. The summed E-state index contributed by atoms with van der Waals surface area (Å²) in [5, 5.41) is 6.45. The summed E-state index contributed by atoms with van der Waals surface area (Å²) in [6.07, 6.45) is 1.31. The van der Waals surface area contributed by atoms with E-state index in [0.29, 0.717) is 36.8 Å². The van der Waals surface area contributed by atoms with Gasteiger partial charge in [0, 0.05) is 54.4 Å². The fraction of sp³-hybridized carbons (Fsp3) is 0.321. The fourth-order valence-corrected chi connectivity index (χ4v) is 5.44. The van der Waals surface area contributed by atoms with E-state index in [1.165, 1.54) is 0 Å². The van der Waals surface area contributed by atoms with Gasteiger partial charge in [-0.15, -0.1) is 0 Å². The number of rotatable bonds is 5. The van der Waals surface area contributed by atoms with Gasteiger partial charge in [-0.1, -0.05) is 54.1 Å². The van der Waals surface area contributed by atoms with Gasteiger partial charge in [0.15, 0.2) is 0 Å². The average molecular weight is 505 g/mol. The zero-order valence-electron chi connectivity index (χ0n) is 20.1. The quantitative estimate of drug-likeness (QED) is 0.546. The van der Waals surface area contributed by atoms with Gasteiger partial charge < -0.3 is 20.1 Å². The number of nitrogens with one attached hydrogen (secondary N) is 2. The molecule has 2 bridgehead atoms. The summed E-state index contributed by atoms with van der Waals surface area (Å²) in [5.41, 5.74) is 3.44. The van der Waals surface area contributed by atoms with E-state index >= 15 is 0 Å². The average Bonchev–Trinajstić information content (AvgIpc) is 2.87. The number of piperidine rings is 1. The highest BCUT2D eigenvalue weighted by Gasteiger charge is 2.37. The smallest absolute Gasteiger partial charge is 0.318 e. The third-order valence-electron chi connectivity index (χ3n) is 7.10. The van der Waals surface area contributed by atoms with Crippen molar-refractivity contribution in [3.8, 4) is 0 Å². The third kappa shape index (κ3) is 5.16. The van der Waals surface area contributed by atoms with Crippen LogP contribution in [0.25, 0.3) is 0 Å². The Bertz CT molecular complexity index is 1340. The van der Waals surface area contributed by atoms with Crippen LogP contribution in [0.4, 0.5) is 10.5 Å². The molecule has 3 amide bonds. The first-order valence-corrected chi connectivity index (χ1v) is 12.6. The van der Waals surface area contributed by atoms with Crippen LogP contribution in [0.2, 0.25) is 5.02 Å². The first-order chi connectivity index (χ1) is 17.4. The normalized spacial score (nSPS) is 19.2. The first kappa shape index (κ1) is 24.1. The number of hydrogen-bond donors (Lipinski definition) is 2. The van der Waals surface area contributed by atoms with Crippen LogP contribution < -0.4 is 16.2 Å². The van der Waals surface area contributed by atoms with E-state index in [1.54, 1.807) is 29.2 Å². The molecule has 1 saturated heterocycles. The minimum atomic E-state index is -0.767. The zero-order valence-corrected chi connectivity index (χ0v) is 20.9. The van der Waals surface area contributed by atoms with Crippen molar-refractivity contribution in [2.75, 3.05) is 18.4 Å². The number of pyridine rings is 1. The van der Waals surface area contributed by atoms with Gasteiger partial charge in [0.25, 0.3) is 5.56 Å². The molecule has 2 aromatic carbocycles. The molecule has 0 radical (unpaired) electrons. The topological polar surface area (TPSA) is 83.4 Å². The highest BCUT2D eigenvalue weighted by Crippen LogP contribution is 2.35. The van der Waals surface area contributed by atoms with Crippen LogP contribution in [0.1, 0.15) is 29.2 Å². The van der Waals surface area contributed by atoms with Gasteiger partial charge in [-0.25, -0.2) is 4.79 Å². The summed E-state index contributed by atoms with van der Waals surface area (Å²) in [4.78, 5) is 40.8. The van der Waals surface area contributed by atoms with Crippen LogP contribution >= 0.6 is 11.6 Å². The van der Waals surface area contributed by atoms with E-state index in [1.807, 2.05) is 54.0 Å². The number of amides is 3. The zero-order chi connectivity index (χ0) is 25.2. The Morgan fingerprint density at radius 2 is 1.83 bits per heavy atom. The minimum absolute atomic E-state index is 0.0101. The molecule has 5 rings (SSSR count). The second kappa shape index (κ2) is 10.2. The number of likely N-dealkylation sites (tertiary alicyclic amines) is 1. The predicted octanol–water partition coefficient (Wildman–Crippen LogP) is 4.19. The standard InChI is InChI=1S/C28H29ClN4O3/c1-18-10-11-22(14-23(18)29)30-27(35)24(13-19-6-3-2-4-7-19)31-28(36)32-15-20-12-21(17-32)25-8-5-9-26(34)33(25)16-20/h2-11,14,20-21,24H,12-13,15-17H2,1H3,(H,30,35)(H,31,36)/t20?,21?,24-/m0/s1. The Balaban J connectivity index is 1.33. The molecule has 2 aliphatic rings. The summed E-state index contributed by atoms with van der Waals surface area (Å²) >= 11 is 6.24. The van der Waals surface area contributed by atoms with E-state index in [9.17, 15) is 14.4 Å². The summed E-state index contributed by atoms with van der Waals surface area (Å²) in [7, 11) is 0. The summed E-state index contributed by atoms with van der Waals surface area (Å²) in [5.74, 6) is 0.00711. The Kier molecular flexibility index (Phi) is 6.83. The van der Waals surface area contributed by atoms with Gasteiger partial charge in [-0.3, -0.25) is 9.59 Å². The highest BCUT2D eigenvalue weighted by atomic mass is 35.5. The van der Waals surface area contributed by atoms with E-state index in [4.69, 9.17) is 11.6 Å². The molecule has 36 heavy (non-hydrogen) atoms. The molecule has 186 valence electrons. The Hall–Kier alpha value is -3.58. The van der Waals surface area contributed by atoms with Gasteiger partial charge >= 0.3 is 6.03 Å². The van der Waals surface area contributed by atoms with Crippen molar-refractivity contribution in [3.05, 3.63) is 98.9 Å². The molecule has 1 fully saturated rings. The molecule has 7 nitrogen and oxygen atoms in total. The van der Waals surface area contributed by atoms with Crippen LogP contribution in [0.15, 0.2) is 71.5 Å². The maximum Gasteiger partial charge on any atom is 0.318 e. The van der Waals surface area contributed by atoms with Crippen molar-refractivity contribution in [2.45, 2.75) is 38.3 Å². The molecule has 0 spiro atoms. The Morgan fingerprint density at radius 3 is 2.61 bits per heavy atom. The van der Waals surface area contributed by atoms with Gasteiger partial charge in [-0.05, 0) is 48.6 Å². The van der Waals surface area contributed by atoms with Gasteiger partial charge in [0.05, 0.1) is 0 Å². The number of benzene rings is 2. The monoisotopic (exact) mass is 504 g/mol. The molecule has 1 aromatic heterocycles. The Morgan fingerprint density at radius 1 is 1.03 bits per heavy atom. The molecular weight excluding hydrogens is 476 g/mol. The van der Waals surface area contributed by atoms with Gasteiger partial charge in [-0.2, -0.15) is 0 Å². The van der Waals surface area contributed by atoms with Crippen molar-refractivity contribution < 1.29 is 9.59 Å². The number of carbonyl (C=O) groups is 2. The highest BCUT2D eigenvalue weighted by molar-refractivity contribution is 6.31. The number of aryl methyl sites for hydroxylation is 1. The maximum absolute atomic E-state index is 13.4. The van der Waals surface area contributed by atoms with E-state index < -0.39 is 6.04 Å². The van der Waals surface area contributed by atoms with Crippen molar-refractivity contribution in [1.82, 2.24) is 14.8 Å². The number of urea groups is 1. The number of anilines is 1. The summed E-state index contributed by atoms with van der Waals surface area (Å²) in [6.45, 7) is 3.57. The lowest BCUT2D eigenvalue weighted by molar-refractivity contribution is -0.118. The summed E-state index contributed by atoms with van der Waals surface area (Å²) < 4.78 is 1.84. The minimum Gasteiger partial charge on any atom is -0.326 e. The van der Waals surface area contributed by atoms with Crippen LogP contribution in [0.5, 0.6) is 0 Å². The Labute approximate surface area is 215 Å². The van der Waals surface area contributed by atoms with Crippen LogP contribution in [0.3, 0.4) is 0 Å². The lowest BCUT2D eigenvalue weighted by atomic mass is 9.83. The first-order valence-electron chi connectivity index (χ1n) is 12.2. The molecule has 2 N–H and O–H groups in total. The molecule has 8 heteroatoms. The molecule has 3 heterocycles. The molecule has 3 aromatic rings. The second-order valence-corrected chi connectivity index (χ2v) is 10.2. The SMILES string of the molecule is Cc1ccc(NC(=O)[C@H](Cc2ccccc2)NC(=O)N2CC3CC(C2)c2cccc(=O)n2C3)cc1Cl. The number of nitrogens with zero attached hydrogens (tertiary/aromatic N) is 2. The van der Waals surface area contributed by atoms with Gasteiger partial charge in [0.2, 0.25) is 5.91 Å². The largest absolute Gasteiger partial charge is 0.326 e. The van der Waals surface area contributed by atoms with Gasteiger partial charge in [0.1, 0.15) is 6.04 Å². The van der Waals surface area contributed by atoms with Crippen LogP contribution in [-0.4, -0.2) is 40.5 Å². The van der Waals surface area contributed by atoms with Crippen molar-refractivity contribution in [1.29, 1.82) is 0 Å². The molecule has 3 atom stereocenters. The number of fused-ring (bicyclic) bond motifs is 4. The lowest BCUT2D eigenvalue weighted by Gasteiger charge is -2.43. The molecule has 0 saturated carbocycles. The number of halogens is 1. The number of carbonyl (C=O) groups excluding carboxylic acids is 2. The third-order valence-corrected chi connectivity index (χ3v) is 7.51.